The highest BCUT2D eigenvalue weighted by atomic mass is 16.7. The smallest absolute Gasteiger partial charge is 0.165 e. The standard InChI is InChI=1S/C21H28O4/c1-5-6-7-9-19-20(25-21(2,3)24-19)10-8-15-23-16-17-11-13-18(22-4)14-12-17/h5-6,11-14,19-20H,8,10,15-16H2,1-4H3/b6-5+/t19-,20-/m0/s1. The summed E-state index contributed by atoms with van der Waals surface area (Å²) in [6.45, 7) is 7.08. The molecular weight excluding hydrogens is 316 g/mol. The molecule has 0 unspecified atom stereocenters. The van der Waals surface area contributed by atoms with Gasteiger partial charge in [-0.2, -0.15) is 0 Å². The number of methoxy groups -OCH3 is 1. The highest BCUT2D eigenvalue weighted by Crippen LogP contribution is 2.30. The number of hydrogen-bond donors (Lipinski definition) is 0. The van der Waals surface area contributed by atoms with Gasteiger partial charge in [0.15, 0.2) is 5.79 Å². The van der Waals surface area contributed by atoms with Gasteiger partial charge in [-0.3, -0.25) is 0 Å². The molecule has 25 heavy (non-hydrogen) atoms. The van der Waals surface area contributed by atoms with Gasteiger partial charge in [-0.1, -0.05) is 30.0 Å². The van der Waals surface area contributed by atoms with Crippen molar-refractivity contribution in [3.8, 4) is 17.6 Å². The first kappa shape index (κ1) is 19.5. The normalized spacial score (nSPS) is 21.9. The first-order chi connectivity index (χ1) is 12.0. The van der Waals surface area contributed by atoms with Crippen molar-refractivity contribution in [1.82, 2.24) is 0 Å². The minimum absolute atomic E-state index is 0.0163. The van der Waals surface area contributed by atoms with Gasteiger partial charge in [0.05, 0.1) is 19.8 Å². The monoisotopic (exact) mass is 344 g/mol. The molecule has 0 N–H and O–H groups in total. The van der Waals surface area contributed by atoms with Gasteiger partial charge in [0.2, 0.25) is 0 Å². The van der Waals surface area contributed by atoms with Crippen molar-refractivity contribution in [1.29, 1.82) is 0 Å². The lowest BCUT2D eigenvalue weighted by Gasteiger charge is -2.16. The highest BCUT2D eigenvalue weighted by Gasteiger charge is 2.39. The fraction of sp³-hybridized carbons (Fsp3) is 0.524. The average molecular weight is 344 g/mol. The fourth-order valence-corrected chi connectivity index (χ4v) is 2.68. The summed E-state index contributed by atoms with van der Waals surface area (Å²) >= 11 is 0. The minimum atomic E-state index is -0.579. The Morgan fingerprint density at radius 1 is 1.20 bits per heavy atom. The molecule has 2 rings (SSSR count). The second kappa shape index (κ2) is 9.62. The van der Waals surface area contributed by atoms with Crippen LogP contribution in [0.5, 0.6) is 5.75 Å². The number of ether oxygens (including phenoxy) is 4. The molecule has 0 amide bonds. The van der Waals surface area contributed by atoms with Gasteiger partial charge in [-0.05, 0) is 57.4 Å². The van der Waals surface area contributed by atoms with Crippen LogP contribution in [-0.4, -0.2) is 31.7 Å². The van der Waals surface area contributed by atoms with Crippen LogP contribution >= 0.6 is 0 Å². The summed E-state index contributed by atoms with van der Waals surface area (Å²) in [7, 11) is 1.66. The summed E-state index contributed by atoms with van der Waals surface area (Å²) in [5, 5.41) is 0. The van der Waals surface area contributed by atoms with E-state index in [-0.39, 0.29) is 12.2 Å². The van der Waals surface area contributed by atoms with Crippen molar-refractivity contribution in [2.24, 2.45) is 0 Å². The van der Waals surface area contributed by atoms with Gasteiger partial charge in [-0.15, -0.1) is 0 Å². The maximum atomic E-state index is 5.96. The summed E-state index contributed by atoms with van der Waals surface area (Å²) in [6, 6.07) is 7.92. The van der Waals surface area contributed by atoms with Crippen molar-refractivity contribution in [2.45, 2.75) is 58.2 Å². The Hall–Kier alpha value is -1.80. The Morgan fingerprint density at radius 3 is 2.64 bits per heavy atom. The molecule has 136 valence electrons. The Labute approximate surface area is 151 Å². The third-order valence-electron chi connectivity index (χ3n) is 3.86. The summed E-state index contributed by atoms with van der Waals surface area (Å²) in [4.78, 5) is 0. The maximum Gasteiger partial charge on any atom is 0.165 e. The molecule has 0 aliphatic carbocycles. The number of benzene rings is 1. The van der Waals surface area contributed by atoms with Crippen LogP contribution in [0.3, 0.4) is 0 Å². The Kier molecular flexibility index (Phi) is 7.52. The molecule has 1 fully saturated rings. The fourth-order valence-electron chi connectivity index (χ4n) is 2.68. The van der Waals surface area contributed by atoms with Crippen molar-refractivity contribution < 1.29 is 18.9 Å². The van der Waals surface area contributed by atoms with Crippen LogP contribution < -0.4 is 4.74 Å². The van der Waals surface area contributed by atoms with E-state index >= 15 is 0 Å². The van der Waals surface area contributed by atoms with Crippen LogP contribution in [-0.2, 0) is 20.8 Å². The van der Waals surface area contributed by atoms with Gasteiger partial charge >= 0.3 is 0 Å². The second-order valence-electron chi connectivity index (χ2n) is 6.43. The molecule has 1 aromatic carbocycles. The molecule has 0 bridgehead atoms. The van der Waals surface area contributed by atoms with E-state index in [0.29, 0.717) is 13.2 Å². The molecule has 0 aromatic heterocycles. The predicted octanol–water partition coefficient (Wildman–Crippen LogP) is 4.09. The van der Waals surface area contributed by atoms with E-state index in [0.717, 1.165) is 24.2 Å². The third-order valence-corrected chi connectivity index (χ3v) is 3.86. The molecule has 2 atom stereocenters. The zero-order valence-corrected chi connectivity index (χ0v) is 15.6. The Morgan fingerprint density at radius 2 is 1.96 bits per heavy atom. The first-order valence-corrected chi connectivity index (χ1v) is 8.72. The number of allylic oxidation sites excluding steroid dienone is 2. The summed E-state index contributed by atoms with van der Waals surface area (Å²) in [6.07, 6.45) is 5.30. The van der Waals surface area contributed by atoms with Crippen LogP contribution in [0.2, 0.25) is 0 Å². The van der Waals surface area contributed by atoms with Gasteiger partial charge in [0.1, 0.15) is 11.9 Å². The van der Waals surface area contributed by atoms with Crippen molar-refractivity contribution in [3.63, 3.8) is 0 Å². The molecule has 1 aromatic rings. The molecule has 4 nitrogen and oxygen atoms in total. The molecule has 1 aliphatic heterocycles. The SMILES string of the molecule is C/C=C/C#C[C@@H]1OC(C)(C)O[C@H]1CCCOCc1ccc(OC)cc1. The molecule has 1 aliphatic rings. The average Bonchev–Trinajstić information content (AvgIpc) is 2.89. The van der Waals surface area contributed by atoms with Crippen LogP contribution in [0, 0.1) is 11.8 Å². The largest absolute Gasteiger partial charge is 0.497 e. The molecule has 0 radical (unpaired) electrons. The third kappa shape index (κ3) is 6.55. The van der Waals surface area contributed by atoms with Gasteiger partial charge < -0.3 is 18.9 Å². The van der Waals surface area contributed by atoms with Gasteiger partial charge in [0.25, 0.3) is 0 Å². The van der Waals surface area contributed by atoms with E-state index < -0.39 is 5.79 Å². The first-order valence-electron chi connectivity index (χ1n) is 8.72. The molecule has 1 saturated heterocycles. The summed E-state index contributed by atoms with van der Waals surface area (Å²) in [5.41, 5.74) is 1.14. The van der Waals surface area contributed by atoms with Crippen LogP contribution in [0.25, 0.3) is 0 Å². The Balaban J connectivity index is 1.73. The lowest BCUT2D eigenvalue weighted by molar-refractivity contribution is -0.143. The van der Waals surface area contributed by atoms with Crippen LogP contribution in [0.4, 0.5) is 0 Å². The zero-order valence-electron chi connectivity index (χ0n) is 15.6. The molecular formula is C21H28O4. The van der Waals surface area contributed by atoms with E-state index in [1.807, 2.05) is 57.2 Å². The van der Waals surface area contributed by atoms with Crippen molar-refractivity contribution >= 4 is 0 Å². The molecule has 0 spiro atoms. The van der Waals surface area contributed by atoms with E-state index in [2.05, 4.69) is 11.8 Å². The maximum absolute atomic E-state index is 5.96. The summed E-state index contributed by atoms with van der Waals surface area (Å²) in [5.74, 6) is 6.41. The van der Waals surface area contributed by atoms with E-state index in [4.69, 9.17) is 18.9 Å². The van der Waals surface area contributed by atoms with Crippen LogP contribution in [0.15, 0.2) is 36.4 Å². The lowest BCUT2D eigenvalue weighted by atomic mass is 10.1. The summed E-state index contributed by atoms with van der Waals surface area (Å²) < 4.78 is 22.7. The van der Waals surface area contributed by atoms with E-state index in [9.17, 15) is 0 Å². The molecule has 1 heterocycles. The van der Waals surface area contributed by atoms with E-state index in [1.54, 1.807) is 7.11 Å². The molecule has 4 heteroatoms. The van der Waals surface area contributed by atoms with Crippen molar-refractivity contribution in [2.75, 3.05) is 13.7 Å². The predicted molar refractivity (Wildman–Crippen MR) is 98.3 cm³/mol. The quantitative estimate of drug-likeness (QED) is 0.551. The topological polar surface area (TPSA) is 36.9 Å². The Bertz CT molecular complexity index is 607. The second-order valence-corrected chi connectivity index (χ2v) is 6.43. The van der Waals surface area contributed by atoms with Crippen LogP contribution in [0.1, 0.15) is 39.2 Å². The van der Waals surface area contributed by atoms with Gasteiger partial charge in [-0.25, -0.2) is 0 Å². The molecule has 0 saturated carbocycles. The number of hydrogen-bond acceptors (Lipinski definition) is 4. The van der Waals surface area contributed by atoms with Crippen molar-refractivity contribution in [3.05, 3.63) is 42.0 Å². The lowest BCUT2D eigenvalue weighted by Crippen LogP contribution is -2.21. The van der Waals surface area contributed by atoms with E-state index in [1.165, 1.54) is 0 Å². The van der Waals surface area contributed by atoms with Gasteiger partial charge in [0, 0.05) is 6.61 Å². The number of rotatable bonds is 7. The highest BCUT2D eigenvalue weighted by molar-refractivity contribution is 5.26. The zero-order chi connectivity index (χ0) is 18.1. The minimum Gasteiger partial charge on any atom is -0.497 e.